The van der Waals surface area contributed by atoms with Crippen LogP contribution in [-0.2, 0) is 11.2 Å². The average molecular weight is 327 g/mol. The molecule has 128 valence electrons. The Hall–Kier alpha value is -2.14. The Kier molecular flexibility index (Phi) is 5.30. The van der Waals surface area contributed by atoms with Gasteiger partial charge in [-0.3, -0.25) is 4.79 Å². The summed E-state index contributed by atoms with van der Waals surface area (Å²) in [5.41, 5.74) is 2.10. The standard InChI is InChI=1S/C19H25N3O2/c1-15(23)17-9-11-21(12-10-17)19(24)8-7-16-13-20-22(14-16)18-5-3-2-4-6-18/h2-6,13-15,17,23H,7-12H2,1H3. The smallest absolute Gasteiger partial charge is 0.222 e. The van der Waals surface area contributed by atoms with E-state index in [0.717, 1.165) is 37.2 Å². The van der Waals surface area contributed by atoms with Crippen molar-refractivity contribution in [2.75, 3.05) is 13.1 Å². The van der Waals surface area contributed by atoms with Crippen LogP contribution >= 0.6 is 0 Å². The second-order valence-electron chi connectivity index (χ2n) is 6.59. The SMILES string of the molecule is CC(O)C1CCN(C(=O)CCc2cnn(-c3ccccc3)c2)CC1. The molecule has 1 fully saturated rings. The number of hydrogen-bond donors (Lipinski definition) is 1. The van der Waals surface area contributed by atoms with E-state index in [2.05, 4.69) is 5.10 Å². The molecule has 1 aromatic heterocycles. The molecule has 5 nitrogen and oxygen atoms in total. The molecule has 0 aliphatic carbocycles. The summed E-state index contributed by atoms with van der Waals surface area (Å²) < 4.78 is 1.84. The van der Waals surface area contributed by atoms with Crippen LogP contribution in [0.15, 0.2) is 42.7 Å². The van der Waals surface area contributed by atoms with E-state index in [4.69, 9.17) is 0 Å². The molecule has 1 unspecified atom stereocenters. The second kappa shape index (κ2) is 7.62. The Labute approximate surface area is 142 Å². The van der Waals surface area contributed by atoms with Gasteiger partial charge in [-0.15, -0.1) is 0 Å². The van der Waals surface area contributed by atoms with Crippen LogP contribution in [0.4, 0.5) is 0 Å². The van der Waals surface area contributed by atoms with Crippen LogP contribution in [0.2, 0.25) is 0 Å². The highest BCUT2D eigenvalue weighted by Gasteiger charge is 2.25. The Morgan fingerprint density at radius 3 is 2.67 bits per heavy atom. The number of carbonyl (C=O) groups is 1. The van der Waals surface area contributed by atoms with E-state index in [9.17, 15) is 9.90 Å². The summed E-state index contributed by atoms with van der Waals surface area (Å²) >= 11 is 0. The molecule has 0 saturated carbocycles. The molecule has 1 aromatic carbocycles. The van der Waals surface area contributed by atoms with Gasteiger partial charge in [-0.25, -0.2) is 4.68 Å². The van der Waals surface area contributed by atoms with Crippen molar-refractivity contribution in [1.82, 2.24) is 14.7 Å². The Morgan fingerprint density at radius 2 is 2.00 bits per heavy atom. The average Bonchev–Trinajstić information content (AvgIpc) is 3.09. The maximum atomic E-state index is 12.4. The minimum absolute atomic E-state index is 0.200. The molecule has 1 saturated heterocycles. The summed E-state index contributed by atoms with van der Waals surface area (Å²) in [6.07, 6.45) is 6.57. The molecule has 0 radical (unpaired) electrons. The van der Waals surface area contributed by atoms with Crippen LogP contribution in [0, 0.1) is 5.92 Å². The molecule has 3 rings (SSSR count). The highest BCUT2D eigenvalue weighted by molar-refractivity contribution is 5.76. The van der Waals surface area contributed by atoms with Gasteiger partial charge >= 0.3 is 0 Å². The lowest BCUT2D eigenvalue weighted by molar-refractivity contribution is -0.133. The number of nitrogens with zero attached hydrogens (tertiary/aromatic N) is 3. The fourth-order valence-corrected chi connectivity index (χ4v) is 3.25. The van der Waals surface area contributed by atoms with Gasteiger partial charge in [-0.1, -0.05) is 18.2 Å². The first-order valence-electron chi connectivity index (χ1n) is 8.68. The number of piperidine rings is 1. The molecule has 0 spiro atoms. The van der Waals surface area contributed by atoms with E-state index in [1.54, 1.807) is 0 Å². The molecule has 0 bridgehead atoms. The fourth-order valence-electron chi connectivity index (χ4n) is 3.25. The van der Waals surface area contributed by atoms with Crippen molar-refractivity contribution in [3.05, 3.63) is 48.3 Å². The summed E-state index contributed by atoms with van der Waals surface area (Å²) in [5, 5.41) is 14.0. The van der Waals surface area contributed by atoms with Crippen molar-refractivity contribution in [2.45, 2.75) is 38.7 Å². The minimum atomic E-state index is -0.272. The molecule has 1 aliphatic heterocycles. The monoisotopic (exact) mass is 327 g/mol. The van der Waals surface area contributed by atoms with Crippen LogP contribution in [0.5, 0.6) is 0 Å². The van der Waals surface area contributed by atoms with Gasteiger partial charge < -0.3 is 10.0 Å². The zero-order valence-corrected chi connectivity index (χ0v) is 14.1. The van der Waals surface area contributed by atoms with Gasteiger partial charge in [0, 0.05) is 25.7 Å². The molecule has 1 amide bonds. The first-order chi connectivity index (χ1) is 11.6. The Bertz CT molecular complexity index is 658. The first-order valence-corrected chi connectivity index (χ1v) is 8.68. The molecule has 2 heterocycles. The molecular weight excluding hydrogens is 302 g/mol. The topological polar surface area (TPSA) is 58.4 Å². The number of benzene rings is 1. The van der Waals surface area contributed by atoms with Crippen molar-refractivity contribution in [3.8, 4) is 5.69 Å². The van der Waals surface area contributed by atoms with E-state index in [1.807, 2.05) is 59.2 Å². The summed E-state index contributed by atoms with van der Waals surface area (Å²) in [4.78, 5) is 14.3. The molecule has 2 aromatic rings. The van der Waals surface area contributed by atoms with E-state index in [1.165, 1.54) is 0 Å². The number of amides is 1. The summed E-state index contributed by atoms with van der Waals surface area (Å²) in [6.45, 7) is 3.36. The van der Waals surface area contributed by atoms with E-state index < -0.39 is 0 Å². The van der Waals surface area contributed by atoms with Crippen LogP contribution < -0.4 is 0 Å². The van der Waals surface area contributed by atoms with Gasteiger partial charge in [0.2, 0.25) is 5.91 Å². The van der Waals surface area contributed by atoms with Gasteiger partial charge in [0.05, 0.1) is 18.0 Å². The largest absolute Gasteiger partial charge is 0.393 e. The molecular formula is C19H25N3O2. The lowest BCUT2D eigenvalue weighted by Crippen LogP contribution is -2.40. The third-order valence-corrected chi connectivity index (χ3v) is 4.86. The number of para-hydroxylation sites is 1. The number of carbonyl (C=O) groups excluding carboxylic acids is 1. The highest BCUT2D eigenvalue weighted by atomic mass is 16.3. The third-order valence-electron chi connectivity index (χ3n) is 4.86. The number of aromatic nitrogens is 2. The number of hydrogen-bond acceptors (Lipinski definition) is 3. The minimum Gasteiger partial charge on any atom is -0.393 e. The summed E-state index contributed by atoms with van der Waals surface area (Å²) in [6, 6.07) is 9.96. The molecule has 1 atom stereocenters. The number of aliphatic hydroxyl groups excluding tert-OH is 1. The van der Waals surface area contributed by atoms with Crippen LogP contribution in [0.3, 0.4) is 0 Å². The lowest BCUT2D eigenvalue weighted by atomic mass is 9.92. The van der Waals surface area contributed by atoms with Crippen LogP contribution in [0.1, 0.15) is 31.7 Å². The molecule has 1 N–H and O–H groups in total. The van der Waals surface area contributed by atoms with Gasteiger partial charge in [-0.05, 0) is 49.8 Å². The predicted octanol–water partition coefficient (Wildman–Crippen LogP) is 2.42. The van der Waals surface area contributed by atoms with Crippen molar-refractivity contribution in [1.29, 1.82) is 0 Å². The van der Waals surface area contributed by atoms with Crippen molar-refractivity contribution < 1.29 is 9.90 Å². The second-order valence-corrected chi connectivity index (χ2v) is 6.59. The number of aliphatic hydroxyl groups is 1. The van der Waals surface area contributed by atoms with Crippen LogP contribution in [0.25, 0.3) is 5.69 Å². The van der Waals surface area contributed by atoms with Crippen molar-refractivity contribution >= 4 is 5.91 Å². The third kappa shape index (κ3) is 4.03. The van der Waals surface area contributed by atoms with Gasteiger partial charge in [-0.2, -0.15) is 5.10 Å². The number of aryl methyl sites for hydroxylation is 1. The van der Waals surface area contributed by atoms with Gasteiger partial charge in [0.25, 0.3) is 0 Å². The summed E-state index contributed by atoms with van der Waals surface area (Å²) in [5.74, 6) is 0.532. The number of likely N-dealkylation sites (tertiary alicyclic amines) is 1. The van der Waals surface area contributed by atoms with E-state index >= 15 is 0 Å². The summed E-state index contributed by atoms with van der Waals surface area (Å²) in [7, 11) is 0. The van der Waals surface area contributed by atoms with Crippen LogP contribution in [-0.4, -0.2) is 44.9 Å². The Morgan fingerprint density at radius 1 is 1.29 bits per heavy atom. The zero-order chi connectivity index (χ0) is 16.9. The number of rotatable bonds is 5. The molecule has 24 heavy (non-hydrogen) atoms. The highest BCUT2D eigenvalue weighted by Crippen LogP contribution is 2.21. The maximum absolute atomic E-state index is 12.4. The zero-order valence-electron chi connectivity index (χ0n) is 14.1. The predicted molar refractivity (Wildman–Crippen MR) is 92.9 cm³/mol. The van der Waals surface area contributed by atoms with Gasteiger partial charge in [0.1, 0.15) is 0 Å². The first kappa shape index (κ1) is 16.7. The molecule has 5 heteroatoms. The molecule has 1 aliphatic rings. The van der Waals surface area contributed by atoms with E-state index in [-0.39, 0.29) is 12.0 Å². The lowest BCUT2D eigenvalue weighted by Gasteiger charge is -2.33. The van der Waals surface area contributed by atoms with Crippen molar-refractivity contribution in [3.63, 3.8) is 0 Å². The normalized spacial score (nSPS) is 17.0. The van der Waals surface area contributed by atoms with E-state index in [0.29, 0.717) is 18.8 Å². The Balaban J connectivity index is 1.50. The quantitative estimate of drug-likeness (QED) is 0.917. The fraction of sp³-hybridized carbons (Fsp3) is 0.474. The van der Waals surface area contributed by atoms with Gasteiger partial charge in [0.15, 0.2) is 0 Å². The van der Waals surface area contributed by atoms with Crippen molar-refractivity contribution in [2.24, 2.45) is 5.92 Å². The maximum Gasteiger partial charge on any atom is 0.222 e.